The molecule has 3 rings (SSSR count). The van der Waals surface area contributed by atoms with E-state index in [0.29, 0.717) is 38.7 Å². The summed E-state index contributed by atoms with van der Waals surface area (Å²) in [4.78, 5) is 7.11. The number of nitriles is 1. The van der Waals surface area contributed by atoms with Crippen LogP contribution in [0.25, 0.3) is 23.0 Å². The van der Waals surface area contributed by atoms with Gasteiger partial charge in [0.1, 0.15) is 17.5 Å². The summed E-state index contributed by atoms with van der Waals surface area (Å²) < 4.78 is 5.16. The van der Waals surface area contributed by atoms with Crippen LogP contribution in [0.2, 0.25) is 10.0 Å². The van der Waals surface area contributed by atoms with Gasteiger partial charge in [-0.2, -0.15) is 10.2 Å². The summed E-state index contributed by atoms with van der Waals surface area (Å²) in [6, 6.07) is 10.4. The normalized spacial score (nSPS) is 10.4. The number of aromatic amines is 1. The van der Waals surface area contributed by atoms with E-state index < -0.39 is 0 Å². The maximum atomic E-state index is 8.76. The first-order chi connectivity index (χ1) is 9.67. The Labute approximate surface area is 123 Å². The monoisotopic (exact) mass is 304 g/mol. The molecule has 0 unspecified atom stereocenters. The van der Waals surface area contributed by atoms with E-state index in [4.69, 9.17) is 33.0 Å². The van der Waals surface area contributed by atoms with E-state index in [2.05, 4.69) is 15.1 Å². The molecular weight excluding hydrogens is 299 g/mol. The van der Waals surface area contributed by atoms with Crippen LogP contribution in [-0.2, 0) is 0 Å². The molecule has 1 aromatic carbocycles. The first kappa shape index (κ1) is 12.7. The molecule has 20 heavy (non-hydrogen) atoms. The zero-order valence-electron chi connectivity index (χ0n) is 9.89. The largest absolute Gasteiger partial charge is 0.342 e. The van der Waals surface area contributed by atoms with Crippen molar-refractivity contribution in [3.05, 3.63) is 46.1 Å². The molecule has 0 saturated carbocycles. The molecule has 0 fully saturated rings. The molecule has 0 aliphatic rings. The third kappa shape index (κ3) is 2.27. The zero-order chi connectivity index (χ0) is 14.1. The standard InChI is InChI=1S/C13H6Cl2N4O/c14-9-3-1-7(5-10(9)15)12-18-13(20-19-12)11-4-2-8(6-16)17-11/h1-5,17H. The van der Waals surface area contributed by atoms with Crippen LogP contribution in [0.5, 0.6) is 0 Å². The van der Waals surface area contributed by atoms with Crippen molar-refractivity contribution in [2.24, 2.45) is 0 Å². The van der Waals surface area contributed by atoms with Crippen molar-refractivity contribution in [3.63, 3.8) is 0 Å². The molecule has 2 heterocycles. The molecule has 98 valence electrons. The number of hydrogen-bond acceptors (Lipinski definition) is 4. The van der Waals surface area contributed by atoms with Gasteiger partial charge >= 0.3 is 0 Å². The molecule has 0 saturated heterocycles. The van der Waals surface area contributed by atoms with Crippen molar-refractivity contribution in [3.8, 4) is 29.0 Å². The van der Waals surface area contributed by atoms with Gasteiger partial charge in [0.25, 0.3) is 5.89 Å². The molecule has 0 amide bonds. The molecule has 5 nitrogen and oxygen atoms in total. The average Bonchev–Trinajstić information content (AvgIpc) is 3.09. The zero-order valence-corrected chi connectivity index (χ0v) is 11.4. The molecule has 3 aromatic rings. The Morgan fingerprint density at radius 2 is 2.00 bits per heavy atom. The third-order valence-electron chi connectivity index (χ3n) is 2.64. The molecule has 1 N–H and O–H groups in total. The molecule has 7 heteroatoms. The molecule has 0 atom stereocenters. The summed E-state index contributed by atoms with van der Waals surface area (Å²) in [6.07, 6.45) is 0. The smallest absolute Gasteiger partial charge is 0.274 e. The van der Waals surface area contributed by atoms with E-state index in [9.17, 15) is 0 Å². The van der Waals surface area contributed by atoms with Crippen molar-refractivity contribution in [1.82, 2.24) is 15.1 Å². The first-order valence-electron chi connectivity index (χ1n) is 5.56. The average molecular weight is 305 g/mol. The van der Waals surface area contributed by atoms with Gasteiger partial charge in [-0.25, -0.2) is 0 Å². The third-order valence-corrected chi connectivity index (χ3v) is 3.38. The molecule has 2 aromatic heterocycles. The van der Waals surface area contributed by atoms with Crippen LogP contribution in [0, 0.1) is 11.3 Å². The lowest BCUT2D eigenvalue weighted by Crippen LogP contribution is -1.82. The Morgan fingerprint density at radius 1 is 1.15 bits per heavy atom. The SMILES string of the molecule is N#Cc1ccc(-c2nc(-c3ccc(Cl)c(Cl)c3)no2)[nH]1. The maximum absolute atomic E-state index is 8.76. The minimum atomic E-state index is 0.299. The highest BCUT2D eigenvalue weighted by atomic mass is 35.5. The number of aromatic nitrogens is 3. The van der Waals surface area contributed by atoms with Gasteiger partial charge in [-0.1, -0.05) is 28.4 Å². The van der Waals surface area contributed by atoms with Crippen LogP contribution in [0.4, 0.5) is 0 Å². The Morgan fingerprint density at radius 3 is 2.70 bits per heavy atom. The van der Waals surface area contributed by atoms with Gasteiger partial charge in [0.2, 0.25) is 5.82 Å². The molecule has 0 spiro atoms. The molecular formula is C13H6Cl2N4O. The number of rotatable bonds is 2. The number of nitrogens with one attached hydrogen (secondary N) is 1. The van der Waals surface area contributed by atoms with Gasteiger partial charge < -0.3 is 9.51 Å². The van der Waals surface area contributed by atoms with Crippen LogP contribution >= 0.6 is 23.2 Å². The lowest BCUT2D eigenvalue weighted by Gasteiger charge is -1.97. The van der Waals surface area contributed by atoms with Gasteiger partial charge in [0, 0.05) is 5.56 Å². The number of halogens is 2. The Kier molecular flexibility index (Phi) is 3.18. The fourth-order valence-corrected chi connectivity index (χ4v) is 1.97. The highest BCUT2D eigenvalue weighted by Crippen LogP contribution is 2.28. The summed E-state index contributed by atoms with van der Waals surface area (Å²) in [6.45, 7) is 0. The van der Waals surface area contributed by atoms with E-state index in [1.165, 1.54) is 0 Å². The summed E-state index contributed by atoms with van der Waals surface area (Å²) >= 11 is 11.8. The Hall–Kier alpha value is -2.29. The van der Waals surface area contributed by atoms with Crippen LogP contribution in [-0.4, -0.2) is 15.1 Å². The van der Waals surface area contributed by atoms with E-state index in [1.807, 2.05) is 6.07 Å². The van der Waals surface area contributed by atoms with Gasteiger partial charge in [-0.05, 0) is 30.3 Å². The van der Waals surface area contributed by atoms with Crippen LogP contribution in [0.15, 0.2) is 34.9 Å². The van der Waals surface area contributed by atoms with Crippen molar-refractivity contribution in [1.29, 1.82) is 5.26 Å². The minimum Gasteiger partial charge on any atom is -0.342 e. The second-order valence-electron chi connectivity index (χ2n) is 3.95. The highest BCUT2D eigenvalue weighted by molar-refractivity contribution is 6.42. The van der Waals surface area contributed by atoms with Gasteiger partial charge in [-0.15, -0.1) is 0 Å². The molecule has 0 aliphatic carbocycles. The van der Waals surface area contributed by atoms with Crippen molar-refractivity contribution in [2.45, 2.75) is 0 Å². The minimum absolute atomic E-state index is 0.299. The van der Waals surface area contributed by atoms with Gasteiger partial charge in [0.05, 0.1) is 10.0 Å². The van der Waals surface area contributed by atoms with E-state index in [0.717, 1.165) is 0 Å². The lowest BCUT2D eigenvalue weighted by atomic mass is 10.2. The van der Waals surface area contributed by atoms with E-state index in [1.54, 1.807) is 30.3 Å². The Balaban J connectivity index is 1.97. The quantitative estimate of drug-likeness (QED) is 0.778. The predicted molar refractivity (Wildman–Crippen MR) is 74.3 cm³/mol. The van der Waals surface area contributed by atoms with Crippen LogP contribution in [0.3, 0.4) is 0 Å². The highest BCUT2D eigenvalue weighted by Gasteiger charge is 2.13. The summed E-state index contributed by atoms with van der Waals surface area (Å²) in [7, 11) is 0. The Bertz CT molecular complexity index is 816. The molecule has 0 bridgehead atoms. The predicted octanol–water partition coefficient (Wildman–Crippen LogP) is 3.91. The fourth-order valence-electron chi connectivity index (χ4n) is 1.67. The first-order valence-corrected chi connectivity index (χ1v) is 6.31. The summed E-state index contributed by atoms with van der Waals surface area (Å²) in [5, 5.41) is 13.5. The summed E-state index contributed by atoms with van der Waals surface area (Å²) in [5.74, 6) is 0.694. The second-order valence-corrected chi connectivity index (χ2v) is 4.76. The van der Waals surface area contributed by atoms with Crippen LogP contribution < -0.4 is 0 Å². The van der Waals surface area contributed by atoms with E-state index in [-0.39, 0.29) is 0 Å². The topological polar surface area (TPSA) is 78.5 Å². The number of H-pyrrole nitrogens is 1. The molecule has 0 radical (unpaired) electrons. The van der Waals surface area contributed by atoms with Crippen molar-refractivity contribution >= 4 is 23.2 Å². The number of benzene rings is 1. The maximum Gasteiger partial charge on any atom is 0.274 e. The number of nitrogens with zero attached hydrogens (tertiary/aromatic N) is 3. The van der Waals surface area contributed by atoms with Gasteiger partial charge in [0.15, 0.2) is 0 Å². The summed E-state index contributed by atoms with van der Waals surface area (Å²) in [5.41, 5.74) is 1.70. The van der Waals surface area contributed by atoms with Gasteiger partial charge in [-0.3, -0.25) is 0 Å². The molecule has 0 aliphatic heterocycles. The fraction of sp³-hybridized carbons (Fsp3) is 0. The van der Waals surface area contributed by atoms with Crippen molar-refractivity contribution < 1.29 is 4.52 Å². The van der Waals surface area contributed by atoms with E-state index >= 15 is 0 Å². The second kappa shape index (κ2) is 5.00. The van der Waals surface area contributed by atoms with Crippen molar-refractivity contribution in [2.75, 3.05) is 0 Å². The number of hydrogen-bond donors (Lipinski definition) is 1. The van der Waals surface area contributed by atoms with Crippen LogP contribution in [0.1, 0.15) is 5.69 Å². The lowest BCUT2D eigenvalue weighted by molar-refractivity contribution is 0.431.